The van der Waals surface area contributed by atoms with Crippen LogP contribution in [0.15, 0.2) is 18.2 Å². The van der Waals surface area contributed by atoms with Crippen molar-refractivity contribution in [3.05, 3.63) is 29.8 Å². The van der Waals surface area contributed by atoms with Crippen LogP contribution >= 0.6 is 0 Å². The molecule has 2 aliphatic heterocycles. The van der Waals surface area contributed by atoms with Gasteiger partial charge in [0.25, 0.3) is 0 Å². The SMILES string of the molecule is O=C(C1CCCN1)N1CCC(Oc2ccc(F)cc2F)CC1. The molecule has 0 spiro atoms. The molecular weight excluding hydrogens is 290 g/mol. The summed E-state index contributed by atoms with van der Waals surface area (Å²) < 4.78 is 32.0. The lowest BCUT2D eigenvalue weighted by Crippen LogP contribution is -2.48. The van der Waals surface area contributed by atoms with Gasteiger partial charge in [-0.25, -0.2) is 8.78 Å². The van der Waals surface area contributed by atoms with Crippen LogP contribution in [0.4, 0.5) is 8.78 Å². The molecule has 1 unspecified atom stereocenters. The number of amides is 1. The molecule has 2 aliphatic rings. The summed E-state index contributed by atoms with van der Waals surface area (Å²) in [5, 5.41) is 3.21. The van der Waals surface area contributed by atoms with Crippen molar-refractivity contribution >= 4 is 5.91 Å². The molecule has 0 aromatic heterocycles. The summed E-state index contributed by atoms with van der Waals surface area (Å²) in [4.78, 5) is 14.1. The summed E-state index contributed by atoms with van der Waals surface area (Å²) in [5.74, 6) is -1.07. The summed E-state index contributed by atoms with van der Waals surface area (Å²) in [5.41, 5.74) is 0. The molecule has 22 heavy (non-hydrogen) atoms. The lowest BCUT2D eigenvalue weighted by Gasteiger charge is -2.33. The Hall–Kier alpha value is -1.69. The maximum Gasteiger partial charge on any atom is 0.239 e. The zero-order valence-corrected chi connectivity index (χ0v) is 12.4. The first-order chi connectivity index (χ1) is 10.6. The number of ether oxygens (including phenoxy) is 1. The second-order valence-electron chi connectivity index (χ2n) is 5.87. The summed E-state index contributed by atoms with van der Waals surface area (Å²) in [6.45, 7) is 2.13. The van der Waals surface area contributed by atoms with Crippen LogP contribution in [-0.4, -0.2) is 42.6 Å². The van der Waals surface area contributed by atoms with Crippen LogP contribution in [0.2, 0.25) is 0 Å². The number of carbonyl (C=O) groups is 1. The van der Waals surface area contributed by atoms with Gasteiger partial charge < -0.3 is 15.0 Å². The zero-order valence-electron chi connectivity index (χ0n) is 12.4. The van der Waals surface area contributed by atoms with E-state index in [2.05, 4.69) is 5.32 Å². The standard InChI is InChI=1S/C16H20F2N2O2/c17-11-3-4-15(13(18)10-11)22-12-5-8-20(9-6-12)16(21)14-2-1-7-19-14/h3-4,10,12,14,19H,1-2,5-9H2. The van der Waals surface area contributed by atoms with Crippen LogP contribution in [0, 0.1) is 11.6 Å². The highest BCUT2D eigenvalue weighted by Crippen LogP contribution is 2.23. The Morgan fingerprint density at radius 2 is 2.00 bits per heavy atom. The maximum absolute atomic E-state index is 13.6. The molecule has 3 rings (SSSR count). The monoisotopic (exact) mass is 310 g/mol. The maximum atomic E-state index is 13.6. The number of piperidine rings is 1. The van der Waals surface area contributed by atoms with Crippen LogP contribution in [-0.2, 0) is 4.79 Å². The molecule has 2 heterocycles. The van der Waals surface area contributed by atoms with Gasteiger partial charge in [-0.2, -0.15) is 0 Å². The number of nitrogens with one attached hydrogen (secondary N) is 1. The second kappa shape index (κ2) is 6.60. The molecule has 1 aromatic rings. The molecule has 120 valence electrons. The number of rotatable bonds is 3. The van der Waals surface area contributed by atoms with Gasteiger partial charge in [0.05, 0.1) is 6.04 Å². The number of nitrogens with zero attached hydrogens (tertiary/aromatic N) is 1. The molecule has 2 fully saturated rings. The van der Waals surface area contributed by atoms with Crippen molar-refractivity contribution in [2.75, 3.05) is 19.6 Å². The van der Waals surface area contributed by atoms with Crippen molar-refractivity contribution in [3.8, 4) is 5.75 Å². The van der Waals surface area contributed by atoms with E-state index in [-0.39, 0.29) is 23.8 Å². The molecular formula is C16H20F2N2O2. The average molecular weight is 310 g/mol. The van der Waals surface area contributed by atoms with Gasteiger partial charge in [0.2, 0.25) is 5.91 Å². The van der Waals surface area contributed by atoms with E-state index in [1.54, 1.807) is 0 Å². The normalized spacial score (nSPS) is 22.8. The highest BCUT2D eigenvalue weighted by Gasteiger charge is 2.30. The van der Waals surface area contributed by atoms with E-state index in [9.17, 15) is 13.6 Å². The van der Waals surface area contributed by atoms with Crippen LogP contribution in [0.1, 0.15) is 25.7 Å². The van der Waals surface area contributed by atoms with Gasteiger partial charge in [0.15, 0.2) is 11.6 Å². The smallest absolute Gasteiger partial charge is 0.239 e. The summed E-state index contributed by atoms with van der Waals surface area (Å²) >= 11 is 0. The molecule has 4 nitrogen and oxygen atoms in total. The zero-order chi connectivity index (χ0) is 15.5. The molecule has 0 saturated carbocycles. The van der Waals surface area contributed by atoms with Gasteiger partial charge in [0.1, 0.15) is 11.9 Å². The minimum Gasteiger partial charge on any atom is -0.487 e. The van der Waals surface area contributed by atoms with Gasteiger partial charge >= 0.3 is 0 Å². The first kappa shape index (κ1) is 15.2. The minimum atomic E-state index is -0.686. The predicted molar refractivity (Wildman–Crippen MR) is 77.6 cm³/mol. The lowest BCUT2D eigenvalue weighted by atomic mass is 10.1. The largest absolute Gasteiger partial charge is 0.487 e. The third-order valence-corrected chi connectivity index (χ3v) is 4.30. The molecule has 0 bridgehead atoms. The van der Waals surface area contributed by atoms with Gasteiger partial charge in [-0.3, -0.25) is 4.79 Å². The number of hydrogen-bond donors (Lipinski definition) is 1. The van der Waals surface area contributed by atoms with Crippen molar-refractivity contribution in [3.63, 3.8) is 0 Å². The molecule has 1 N–H and O–H groups in total. The fraction of sp³-hybridized carbons (Fsp3) is 0.562. The summed E-state index contributed by atoms with van der Waals surface area (Å²) in [7, 11) is 0. The fourth-order valence-corrected chi connectivity index (χ4v) is 3.06. The molecule has 1 aromatic carbocycles. The second-order valence-corrected chi connectivity index (χ2v) is 5.87. The molecule has 0 radical (unpaired) electrons. The van der Waals surface area contributed by atoms with Crippen molar-refractivity contribution in [1.29, 1.82) is 0 Å². The van der Waals surface area contributed by atoms with E-state index in [0.717, 1.165) is 25.5 Å². The third kappa shape index (κ3) is 3.38. The lowest BCUT2D eigenvalue weighted by molar-refractivity contribution is -0.134. The highest BCUT2D eigenvalue weighted by atomic mass is 19.1. The molecule has 1 amide bonds. The van der Waals surface area contributed by atoms with Gasteiger partial charge in [-0.05, 0) is 31.5 Å². The summed E-state index contributed by atoms with van der Waals surface area (Å²) in [6.07, 6.45) is 3.13. The van der Waals surface area contributed by atoms with E-state index in [1.165, 1.54) is 12.1 Å². The van der Waals surface area contributed by atoms with Crippen LogP contribution < -0.4 is 10.1 Å². The topological polar surface area (TPSA) is 41.6 Å². The average Bonchev–Trinajstić information content (AvgIpc) is 3.04. The Kier molecular flexibility index (Phi) is 4.57. The van der Waals surface area contributed by atoms with Crippen LogP contribution in [0.3, 0.4) is 0 Å². The van der Waals surface area contributed by atoms with Crippen molar-refractivity contribution in [2.45, 2.75) is 37.8 Å². The van der Waals surface area contributed by atoms with E-state index in [1.807, 2.05) is 4.90 Å². The van der Waals surface area contributed by atoms with Crippen molar-refractivity contribution in [2.24, 2.45) is 0 Å². The highest BCUT2D eigenvalue weighted by molar-refractivity contribution is 5.82. The number of benzene rings is 1. The van der Waals surface area contributed by atoms with E-state index in [0.29, 0.717) is 25.9 Å². The third-order valence-electron chi connectivity index (χ3n) is 4.30. The Morgan fingerprint density at radius 1 is 1.23 bits per heavy atom. The molecule has 1 atom stereocenters. The Balaban J connectivity index is 1.52. The molecule has 0 aliphatic carbocycles. The quantitative estimate of drug-likeness (QED) is 0.929. The Bertz CT molecular complexity index is 539. The first-order valence-corrected chi connectivity index (χ1v) is 7.77. The van der Waals surface area contributed by atoms with Crippen molar-refractivity contribution in [1.82, 2.24) is 10.2 Å². The number of likely N-dealkylation sites (tertiary alicyclic amines) is 1. The Labute approximate surface area is 128 Å². The number of halogens is 2. The predicted octanol–water partition coefficient (Wildman–Crippen LogP) is 2.09. The molecule has 6 heteroatoms. The van der Waals surface area contributed by atoms with E-state index < -0.39 is 11.6 Å². The van der Waals surface area contributed by atoms with Crippen molar-refractivity contribution < 1.29 is 18.3 Å². The van der Waals surface area contributed by atoms with Crippen LogP contribution in [0.5, 0.6) is 5.75 Å². The van der Waals surface area contributed by atoms with Gasteiger partial charge in [-0.1, -0.05) is 0 Å². The number of carbonyl (C=O) groups excluding carboxylic acids is 1. The van der Waals surface area contributed by atoms with E-state index >= 15 is 0 Å². The fourth-order valence-electron chi connectivity index (χ4n) is 3.06. The number of hydrogen-bond acceptors (Lipinski definition) is 3. The van der Waals surface area contributed by atoms with E-state index in [4.69, 9.17) is 4.74 Å². The molecule has 2 saturated heterocycles. The van der Waals surface area contributed by atoms with Crippen LogP contribution in [0.25, 0.3) is 0 Å². The first-order valence-electron chi connectivity index (χ1n) is 7.77. The Morgan fingerprint density at radius 3 is 2.64 bits per heavy atom. The van der Waals surface area contributed by atoms with Gasteiger partial charge in [0, 0.05) is 32.0 Å². The summed E-state index contributed by atoms with van der Waals surface area (Å²) in [6, 6.07) is 3.26. The minimum absolute atomic E-state index is 0.0491. The van der Waals surface area contributed by atoms with Gasteiger partial charge in [-0.15, -0.1) is 0 Å².